The lowest BCUT2D eigenvalue weighted by Gasteiger charge is -2.31. The number of carbonyl (C=O) groups is 2. The number of hydrogen-bond donors (Lipinski definition) is 2. The van der Waals surface area contributed by atoms with Gasteiger partial charge in [0.2, 0.25) is 0 Å². The number of alkyl halides is 3. The number of halogens is 5. The molecule has 2 N–H and O–H groups in total. The molecule has 4 rings (SSSR count). The van der Waals surface area contributed by atoms with Crippen molar-refractivity contribution in [2.45, 2.75) is 24.1 Å². The molecule has 2 unspecified atom stereocenters. The molecule has 2 aliphatic rings. The van der Waals surface area contributed by atoms with Crippen molar-refractivity contribution >= 4 is 40.7 Å². The van der Waals surface area contributed by atoms with Crippen molar-refractivity contribution in [3.63, 3.8) is 0 Å². The number of amides is 2. The van der Waals surface area contributed by atoms with Crippen LogP contribution in [0.4, 0.5) is 13.2 Å². The Bertz CT molecular complexity index is 1110. The third-order valence-electron chi connectivity index (χ3n) is 5.39. The van der Waals surface area contributed by atoms with Gasteiger partial charge in [0.05, 0.1) is 33.6 Å². The molecule has 0 spiro atoms. The number of hydrogen-bond acceptors (Lipinski definition) is 5. The molecule has 3 heterocycles. The zero-order valence-electron chi connectivity index (χ0n) is 16.2. The van der Waals surface area contributed by atoms with E-state index in [1.807, 2.05) is 0 Å². The molecule has 1 saturated heterocycles. The first-order chi connectivity index (χ1) is 15.1. The predicted molar refractivity (Wildman–Crippen MR) is 110 cm³/mol. The third-order valence-corrected chi connectivity index (χ3v) is 6.13. The fourth-order valence-electron chi connectivity index (χ4n) is 3.53. The van der Waals surface area contributed by atoms with Crippen LogP contribution in [0, 0.1) is 0 Å². The molecule has 12 heteroatoms. The molecule has 1 aromatic carbocycles. The minimum Gasteiger partial charge on any atom is -0.338 e. The lowest BCUT2D eigenvalue weighted by molar-refractivity contribution is -0.183. The highest BCUT2D eigenvalue weighted by atomic mass is 35.5. The summed E-state index contributed by atoms with van der Waals surface area (Å²) >= 11 is 11.8. The summed E-state index contributed by atoms with van der Waals surface area (Å²) in [6.45, 7) is -0.536. The van der Waals surface area contributed by atoms with Gasteiger partial charge in [-0.15, -0.1) is 0 Å². The van der Waals surface area contributed by atoms with Crippen molar-refractivity contribution in [1.29, 1.82) is 0 Å². The predicted octanol–water partition coefficient (Wildman–Crippen LogP) is 3.24. The van der Waals surface area contributed by atoms with Gasteiger partial charge in [0.15, 0.2) is 0 Å². The van der Waals surface area contributed by atoms with Crippen LogP contribution in [-0.2, 0) is 15.0 Å². The highest BCUT2D eigenvalue weighted by Gasteiger charge is 2.58. The van der Waals surface area contributed by atoms with Crippen molar-refractivity contribution in [3.8, 4) is 0 Å². The molecule has 0 aliphatic carbocycles. The topological polar surface area (TPSA) is 92.7 Å². The quantitative estimate of drug-likeness (QED) is 0.693. The van der Waals surface area contributed by atoms with Crippen LogP contribution in [0.5, 0.6) is 0 Å². The van der Waals surface area contributed by atoms with Gasteiger partial charge >= 0.3 is 6.18 Å². The van der Waals surface area contributed by atoms with E-state index < -0.39 is 42.4 Å². The van der Waals surface area contributed by atoms with Crippen molar-refractivity contribution in [2.75, 3.05) is 13.2 Å². The molecule has 2 aromatic rings. The van der Waals surface area contributed by atoms with E-state index in [-0.39, 0.29) is 39.2 Å². The second kappa shape index (κ2) is 8.34. The molecule has 0 radical (unpaired) electrons. The van der Waals surface area contributed by atoms with E-state index >= 15 is 0 Å². The first kappa shape index (κ1) is 22.5. The van der Waals surface area contributed by atoms with Crippen LogP contribution in [0.1, 0.15) is 28.0 Å². The number of rotatable bonds is 4. The minimum absolute atomic E-state index is 0.0128. The van der Waals surface area contributed by atoms with Gasteiger partial charge in [-0.05, 0) is 29.8 Å². The number of benzene rings is 1. The highest BCUT2D eigenvalue weighted by molar-refractivity contribution is 6.42. The smallest absolute Gasteiger partial charge is 0.338 e. The van der Waals surface area contributed by atoms with Crippen LogP contribution in [0.2, 0.25) is 10.0 Å². The summed E-state index contributed by atoms with van der Waals surface area (Å²) in [6, 6.07) is 5.82. The van der Waals surface area contributed by atoms with E-state index in [1.165, 1.54) is 36.5 Å². The molecule has 168 valence electrons. The van der Waals surface area contributed by atoms with Gasteiger partial charge in [-0.2, -0.15) is 13.2 Å². The van der Waals surface area contributed by atoms with Crippen LogP contribution in [0.3, 0.4) is 0 Å². The summed E-state index contributed by atoms with van der Waals surface area (Å²) in [5.41, 5.74) is 0.335. The Morgan fingerprint density at radius 1 is 1.22 bits per heavy atom. The molecule has 7 nitrogen and oxygen atoms in total. The molecule has 2 amide bonds. The molecule has 0 saturated carbocycles. The van der Waals surface area contributed by atoms with Crippen LogP contribution in [0.25, 0.3) is 0 Å². The van der Waals surface area contributed by atoms with E-state index in [0.29, 0.717) is 0 Å². The van der Waals surface area contributed by atoms with Gasteiger partial charge in [-0.25, -0.2) is 5.48 Å². The largest absolute Gasteiger partial charge is 0.400 e. The average molecular weight is 487 g/mol. The molecule has 0 bridgehead atoms. The monoisotopic (exact) mass is 486 g/mol. The van der Waals surface area contributed by atoms with E-state index in [4.69, 9.17) is 28.0 Å². The van der Waals surface area contributed by atoms with E-state index in [1.54, 1.807) is 0 Å². The number of hydroxylamine groups is 1. The minimum atomic E-state index is -4.60. The van der Waals surface area contributed by atoms with Crippen molar-refractivity contribution in [2.24, 2.45) is 4.99 Å². The Hall–Kier alpha value is -2.69. The average Bonchev–Trinajstić information content (AvgIpc) is 3.38. The summed E-state index contributed by atoms with van der Waals surface area (Å²) in [6.07, 6.45) is -3.82. The first-order valence-electron chi connectivity index (χ1n) is 9.35. The zero-order valence-corrected chi connectivity index (χ0v) is 17.7. The fraction of sp³-hybridized carbons (Fsp3) is 0.300. The van der Waals surface area contributed by atoms with Crippen LogP contribution < -0.4 is 10.8 Å². The molecular weight excluding hydrogens is 472 g/mol. The standard InChI is InChI=1S/C20H15Cl2F3N4O3/c21-12-3-2-11(5-13(12)22)19(20(23,24)25)6-15(27-9-19)14-4-1-10(7-26-14)17(30)28-16-8-32-29-18(16)31/h1-5,7,16H,6,8-9H2,(H,28,30)(H,29,31). The van der Waals surface area contributed by atoms with E-state index in [0.717, 1.165) is 0 Å². The maximum Gasteiger partial charge on any atom is 0.400 e. The van der Waals surface area contributed by atoms with E-state index in [9.17, 15) is 22.8 Å². The molecular formula is C20H15Cl2F3N4O3. The number of carbonyl (C=O) groups excluding carboxylic acids is 2. The Balaban J connectivity index is 1.54. The summed E-state index contributed by atoms with van der Waals surface area (Å²) in [5, 5.41) is 2.66. The molecule has 2 atom stereocenters. The van der Waals surface area contributed by atoms with Crippen LogP contribution >= 0.6 is 23.2 Å². The lowest BCUT2D eigenvalue weighted by atomic mass is 9.77. The number of nitrogens with one attached hydrogen (secondary N) is 2. The number of aromatic nitrogens is 1. The van der Waals surface area contributed by atoms with Gasteiger partial charge in [0.1, 0.15) is 18.1 Å². The summed E-state index contributed by atoms with van der Waals surface area (Å²) in [4.78, 5) is 36.7. The lowest BCUT2D eigenvalue weighted by Crippen LogP contribution is -2.43. The summed E-state index contributed by atoms with van der Waals surface area (Å²) in [5.74, 6) is -1.04. The third kappa shape index (κ3) is 4.05. The summed E-state index contributed by atoms with van der Waals surface area (Å²) in [7, 11) is 0. The maximum absolute atomic E-state index is 14.2. The Kier molecular flexibility index (Phi) is 5.87. The number of aliphatic imine (C=N–C) groups is 1. The molecule has 1 aromatic heterocycles. The van der Waals surface area contributed by atoms with Crippen molar-refractivity contribution in [3.05, 3.63) is 63.4 Å². The molecule has 2 aliphatic heterocycles. The highest BCUT2D eigenvalue weighted by Crippen LogP contribution is 2.48. The first-order valence-corrected chi connectivity index (χ1v) is 10.1. The Labute approximate surface area is 189 Å². The fourth-order valence-corrected chi connectivity index (χ4v) is 3.83. The van der Waals surface area contributed by atoms with Crippen LogP contribution in [-0.4, -0.2) is 47.9 Å². The van der Waals surface area contributed by atoms with Gasteiger partial charge in [-0.3, -0.25) is 24.4 Å². The number of nitrogens with zero attached hydrogens (tertiary/aromatic N) is 2. The maximum atomic E-state index is 14.2. The molecule has 32 heavy (non-hydrogen) atoms. The van der Waals surface area contributed by atoms with Gasteiger partial charge in [0, 0.05) is 12.6 Å². The molecule has 1 fully saturated rings. The van der Waals surface area contributed by atoms with Crippen molar-refractivity contribution in [1.82, 2.24) is 15.8 Å². The normalized spacial score (nSPS) is 23.1. The van der Waals surface area contributed by atoms with Gasteiger partial charge in [-0.1, -0.05) is 29.3 Å². The summed E-state index contributed by atoms with van der Waals surface area (Å²) < 4.78 is 42.5. The van der Waals surface area contributed by atoms with E-state index in [2.05, 4.69) is 20.8 Å². The Morgan fingerprint density at radius 3 is 2.59 bits per heavy atom. The number of pyridine rings is 1. The second-order valence-electron chi connectivity index (χ2n) is 7.38. The SMILES string of the molecule is O=C(NC1CONC1=O)c1ccc(C2=NCC(c3ccc(Cl)c(Cl)c3)(C(F)(F)F)C2)nc1. The Morgan fingerprint density at radius 2 is 2.00 bits per heavy atom. The van der Waals surface area contributed by atoms with Crippen molar-refractivity contribution < 1.29 is 27.6 Å². The zero-order chi connectivity index (χ0) is 23.1. The second-order valence-corrected chi connectivity index (χ2v) is 8.20. The van der Waals surface area contributed by atoms with Crippen LogP contribution in [0.15, 0.2) is 41.5 Å². The van der Waals surface area contributed by atoms with Gasteiger partial charge < -0.3 is 5.32 Å². The van der Waals surface area contributed by atoms with Gasteiger partial charge in [0.25, 0.3) is 11.8 Å².